The van der Waals surface area contributed by atoms with Crippen LogP contribution in [-0.4, -0.2) is 28.2 Å². The Morgan fingerprint density at radius 1 is 1.28 bits per heavy atom. The number of benzene rings is 2. The fourth-order valence-electron chi connectivity index (χ4n) is 2.63. The second kappa shape index (κ2) is 7.14. The molecule has 1 aromatic heterocycles. The number of pyridine rings is 1. The van der Waals surface area contributed by atoms with Gasteiger partial charge in [0.1, 0.15) is 18.0 Å². The molecule has 2 aromatic carbocycles. The number of hydrogen-bond donors (Lipinski definition) is 2. The fraction of sp³-hybridized carbons (Fsp3) is 0.167. The van der Waals surface area contributed by atoms with Crippen molar-refractivity contribution in [1.29, 1.82) is 0 Å². The molecule has 0 bridgehead atoms. The third-order valence-electron chi connectivity index (χ3n) is 3.74. The Hall–Kier alpha value is -3.19. The first-order valence-corrected chi connectivity index (χ1v) is 7.73. The smallest absolute Gasteiger partial charge is 0.301 e. The highest BCUT2D eigenvalue weighted by atomic mass is 16.6. The molecule has 3 rings (SSSR count). The average molecular weight is 339 g/mol. The van der Waals surface area contributed by atoms with Gasteiger partial charge in [-0.3, -0.25) is 15.1 Å². The summed E-state index contributed by atoms with van der Waals surface area (Å²) >= 11 is 0. The summed E-state index contributed by atoms with van der Waals surface area (Å²) in [6, 6.07) is 12.1. The molecule has 7 heteroatoms. The fourth-order valence-corrected chi connectivity index (χ4v) is 2.63. The van der Waals surface area contributed by atoms with Crippen molar-refractivity contribution in [3.63, 3.8) is 0 Å². The molecule has 128 valence electrons. The van der Waals surface area contributed by atoms with Gasteiger partial charge in [-0.25, -0.2) is 0 Å². The number of aliphatic hydroxyl groups is 1. The van der Waals surface area contributed by atoms with E-state index >= 15 is 0 Å². The molecule has 2 N–H and O–H groups in total. The van der Waals surface area contributed by atoms with Crippen LogP contribution in [0.5, 0.6) is 5.75 Å². The van der Waals surface area contributed by atoms with Crippen LogP contribution in [0.1, 0.15) is 5.56 Å². The number of aryl methyl sites for hydroxylation is 1. The number of fused-ring (bicyclic) bond motifs is 1. The lowest BCUT2D eigenvalue weighted by atomic mass is 10.1. The lowest BCUT2D eigenvalue weighted by Crippen LogP contribution is -2.03. The minimum absolute atomic E-state index is 0.0103. The van der Waals surface area contributed by atoms with Crippen molar-refractivity contribution in [3.8, 4) is 5.75 Å². The van der Waals surface area contributed by atoms with Crippen LogP contribution in [0.15, 0.2) is 48.7 Å². The van der Waals surface area contributed by atoms with Crippen molar-refractivity contribution < 1.29 is 14.8 Å². The Kier molecular flexibility index (Phi) is 4.76. The standard InChI is InChI=1S/C18H17N3O4/c1-12-11-13(4-7-17(12)25-10-9-22)20-16-6-5-15-14(3-2-8-19-15)18(16)21(23)24/h2-8,11,20,22H,9-10H2,1H3. The van der Waals surface area contributed by atoms with Crippen LogP contribution in [0.4, 0.5) is 17.1 Å². The summed E-state index contributed by atoms with van der Waals surface area (Å²) in [6.45, 7) is 2.03. The predicted molar refractivity (Wildman–Crippen MR) is 95.4 cm³/mol. The second-order valence-electron chi connectivity index (χ2n) is 5.47. The minimum Gasteiger partial charge on any atom is -0.491 e. The molecule has 1 heterocycles. The number of nitro groups is 1. The van der Waals surface area contributed by atoms with Crippen LogP contribution < -0.4 is 10.1 Å². The van der Waals surface area contributed by atoms with E-state index in [1.54, 1.807) is 42.6 Å². The van der Waals surface area contributed by atoms with Crippen LogP contribution >= 0.6 is 0 Å². The number of nitrogens with one attached hydrogen (secondary N) is 1. The molecule has 0 fully saturated rings. The van der Waals surface area contributed by atoms with Gasteiger partial charge < -0.3 is 15.2 Å². The van der Waals surface area contributed by atoms with E-state index in [2.05, 4.69) is 10.3 Å². The first-order valence-electron chi connectivity index (χ1n) is 7.73. The summed E-state index contributed by atoms with van der Waals surface area (Å²) < 4.78 is 5.42. The van der Waals surface area contributed by atoms with Crippen LogP contribution in [0.3, 0.4) is 0 Å². The molecule has 0 unspecified atom stereocenters. The Labute approximate surface area is 144 Å². The van der Waals surface area contributed by atoms with Gasteiger partial charge in [0, 0.05) is 11.9 Å². The van der Waals surface area contributed by atoms with E-state index in [9.17, 15) is 10.1 Å². The first-order chi connectivity index (χ1) is 12.1. The molecule has 0 saturated heterocycles. The molecule has 0 radical (unpaired) electrons. The molecule has 0 spiro atoms. The van der Waals surface area contributed by atoms with Crippen LogP contribution in [-0.2, 0) is 0 Å². The van der Waals surface area contributed by atoms with Gasteiger partial charge in [0.15, 0.2) is 0 Å². The van der Waals surface area contributed by atoms with Crippen molar-refractivity contribution in [1.82, 2.24) is 4.98 Å². The maximum Gasteiger partial charge on any atom is 0.301 e. The molecular weight excluding hydrogens is 322 g/mol. The molecule has 0 aliphatic rings. The van der Waals surface area contributed by atoms with Crippen LogP contribution in [0.2, 0.25) is 0 Å². The number of hydrogen-bond acceptors (Lipinski definition) is 6. The van der Waals surface area contributed by atoms with Crippen molar-refractivity contribution >= 4 is 28.0 Å². The van der Waals surface area contributed by atoms with E-state index in [1.165, 1.54) is 0 Å². The number of anilines is 2. The van der Waals surface area contributed by atoms with E-state index in [0.29, 0.717) is 28.0 Å². The SMILES string of the molecule is Cc1cc(Nc2ccc3ncccc3c2[N+](=O)[O-])ccc1OCCO. The lowest BCUT2D eigenvalue weighted by molar-refractivity contribution is -0.382. The van der Waals surface area contributed by atoms with E-state index in [1.807, 2.05) is 13.0 Å². The summed E-state index contributed by atoms with van der Waals surface area (Å²) in [5.41, 5.74) is 2.53. The number of ether oxygens (including phenoxy) is 1. The van der Waals surface area contributed by atoms with Gasteiger partial charge in [0.2, 0.25) is 0 Å². The normalized spacial score (nSPS) is 10.6. The molecule has 7 nitrogen and oxygen atoms in total. The van der Waals surface area contributed by atoms with Crippen molar-refractivity contribution in [2.45, 2.75) is 6.92 Å². The predicted octanol–water partition coefficient (Wildman–Crippen LogP) is 3.57. The Morgan fingerprint density at radius 3 is 2.84 bits per heavy atom. The quantitative estimate of drug-likeness (QED) is 0.526. The Morgan fingerprint density at radius 2 is 2.12 bits per heavy atom. The Balaban J connectivity index is 1.96. The van der Waals surface area contributed by atoms with Crippen molar-refractivity contribution in [2.24, 2.45) is 0 Å². The van der Waals surface area contributed by atoms with Crippen LogP contribution in [0, 0.1) is 17.0 Å². The van der Waals surface area contributed by atoms with Gasteiger partial charge in [-0.05, 0) is 55.0 Å². The third-order valence-corrected chi connectivity index (χ3v) is 3.74. The topological polar surface area (TPSA) is 97.5 Å². The molecule has 3 aromatic rings. The zero-order valence-corrected chi connectivity index (χ0v) is 13.6. The molecule has 0 amide bonds. The second-order valence-corrected chi connectivity index (χ2v) is 5.47. The highest BCUT2D eigenvalue weighted by Gasteiger charge is 2.19. The monoisotopic (exact) mass is 339 g/mol. The maximum atomic E-state index is 11.6. The largest absolute Gasteiger partial charge is 0.491 e. The highest BCUT2D eigenvalue weighted by Crippen LogP contribution is 2.35. The van der Waals surface area contributed by atoms with E-state index in [0.717, 1.165) is 5.56 Å². The summed E-state index contributed by atoms with van der Waals surface area (Å²) in [7, 11) is 0. The Bertz CT molecular complexity index is 927. The molecular formula is C18H17N3O4. The van der Waals surface area contributed by atoms with E-state index in [-0.39, 0.29) is 18.9 Å². The lowest BCUT2D eigenvalue weighted by Gasteiger charge is -2.12. The zero-order valence-electron chi connectivity index (χ0n) is 13.6. The van der Waals surface area contributed by atoms with Crippen LogP contribution in [0.25, 0.3) is 10.9 Å². The summed E-state index contributed by atoms with van der Waals surface area (Å²) in [5.74, 6) is 0.664. The highest BCUT2D eigenvalue weighted by molar-refractivity contribution is 5.95. The van der Waals surface area contributed by atoms with Crippen molar-refractivity contribution in [2.75, 3.05) is 18.5 Å². The van der Waals surface area contributed by atoms with Gasteiger partial charge in [-0.1, -0.05) is 0 Å². The first kappa shape index (κ1) is 16.7. The van der Waals surface area contributed by atoms with Gasteiger partial charge >= 0.3 is 5.69 Å². The molecule has 0 saturated carbocycles. The number of aliphatic hydroxyl groups excluding tert-OH is 1. The zero-order chi connectivity index (χ0) is 17.8. The van der Waals surface area contributed by atoms with E-state index in [4.69, 9.17) is 9.84 Å². The minimum atomic E-state index is -0.405. The molecule has 0 aliphatic heterocycles. The number of nitro benzene ring substituents is 1. The molecule has 0 aliphatic carbocycles. The number of aromatic nitrogens is 1. The summed E-state index contributed by atoms with van der Waals surface area (Å²) in [5, 5.41) is 24.0. The molecule has 0 atom stereocenters. The number of rotatable bonds is 6. The van der Waals surface area contributed by atoms with Gasteiger partial charge in [0.25, 0.3) is 0 Å². The third kappa shape index (κ3) is 3.51. The summed E-state index contributed by atoms with van der Waals surface area (Å²) in [4.78, 5) is 15.3. The molecule has 25 heavy (non-hydrogen) atoms. The number of nitrogens with zero attached hydrogens (tertiary/aromatic N) is 2. The van der Waals surface area contributed by atoms with Crippen molar-refractivity contribution in [3.05, 3.63) is 64.3 Å². The van der Waals surface area contributed by atoms with E-state index < -0.39 is 4.92 Å². The van der Waals surface area contributed by atoms with Gasteiger partial charge in [-0.15, -0.1) is 0 Å². The maximum absolute atomic E-state index is 11.6. The summed E-state index contributed by atoms with van der Waals surface area (Å²) in [6.07, 6.45) is 1.60. The average Bonchev–Trinajstić information content (AvgIpc) is 2.60. The van der Waals surface area contributed by atoms with Gasteiger partial charge in [0.05, 0.1) is 22.4 Å². The van der Waals surface area contributed by atoms with Gasteiger partial charge in [-0.2, -0.15) is 0 Å².